The van der Waals surface area contributed by atoms with Gasteiger partial charge in [-0.15, -0.1) is 0 Å². The average Bonchev–Trinajstić information content (AvgIpc) is 2.93. The molecular formula is C29H30Cl2N4O4. The number of benzene rings is 2. The van der Waals surface area contributed by atoms with Gasteiger partial charge in [-0.25, -0.2) is 9.59 Å². The van der Waals surface area contributed by atoms with Crippen LogP contribution in [0.25, 0.3) is 0 Å². The number of aryl methyl sites for hydroxylation is 1. The van der Waals surface area contributed by atoms with E-state index >= 15 is 0 Å². The molecule has 1 aliphatic carbocycles. The van der Waals surface area contributed by atoms with Gasteiger partial charge < -0.3 is 19.6 Å². The van der Waals surface area contributed by atoms with Crippen LogP contribution < -0.4 is 14.5 Å². The molecule has 8 nitrogen and oxygen atoms in total. The van der Waals surface area contributed by atoms with Crippen molar-refractivity contribution in [2.45, 2.75) is 44.2 Å². The zero-order valence-corrected chi connectivity index (χ0v) is 23.1. The molecule has 2 aliphatic rings. The number of ether oxygens (including phenoxy) is 1. The van der Waals surface area contributed by atoms with Crippen LogP contribution in [0.2, 0.25) is 10.0 Å². The molecule has 10 heteroatoms. The summed E-state index contributed by atoms with van der Waals surface area (Å²) in [5.74, 6) is 0.246. The number of hydrogen-bond acceptors (Lipinski definition) is 5. The number of nitrogens with zero attached hydrogens (tertiary/aromatic N) is 4. The van der Waals surface area contributed by atoms with E-state index in [4.69, 9.17) is 27.9 Å². The first kappa shape index (κ1) is 27.1. The normalized spacial score (nSPS) is 17.3. The Kier molecular flexibility index (Phi) is 8.14. The lowest BCUT2D eigenvalue weighted by molar-refractivity contribution is 0.126. The summed E-state index contributed by atoms with van der Waals surface area (Å²) in [5.41, 5.74) is 3.59. The summed E-state index contributed by atoms with van der Waals surface area (Å²) in [6.07, 6.45) is 6.27. The number of amides is 2. The lowest BCUT2D eigenvalue weighted by atomic mass is 9.85. The summed E-state index contributed by atoms with van der Waals surface area (Å²) in [4.78, 5) is 35.5. The molecule has 1 fully saturated rings. The van der Waals surface area contributed by atoms with E-state index in [1.807, 2.05) is 23.1 Å². The third kappa shape index (κ3) is 5.77. The Bertz CT molecular complexity index is 1330. The molecule has 1 saturated heterocycles. The number of carboxylic acid groups (broad SMARTS) is 1. The highest BCUT2D eigenvalue weighted by molar-refractivity contribution is 6.39. The van der Waals surface area contributed by atoms with Crippen LogP contribution in [0.15, 0.2) is 60.9 Å². The molecule has 1 N–H and O–H groups in total. The van der Waals surface area contributed by atoms with Crippen molar-refractivity contribution in [1.82, 2.24) is 9.88 Å². The van der Waals surface area contributed by atoms with Gasteiger partial charge in [0.2, 0.25) is 0 Å². The number of halogens is 2. The zero-order valence-electron chi connectivity index (χ0n) is 21.6. The second-order valence-corrected chi connectivity index (χ2v) is 10.7. The van der Waals surface area contributed by atoms with Crippen LogP contribution in [-0.2, 0) is 6.42 Å². The third-order valence-electron chi connectivity index (χ3n) is 7.61. The van der Waals surface area contributed by atoms with Crippen molar-refractivity contribution in [3.63, 3.8) is 0 Å². The number of pyridine rings is 1. The van der Waals surface area contributed by atoms with Crippen molar-refractivity contribution in [3.8, 4) is 5.75 Å². The first-order chi connectivity index (χ1) is 18.8. The van der Waals surface area contributed by atoms with Gasteiger partial charge in [-0.1, -0.05) is 35.3 Å². The molecule has 1 unspecified atom stereocenters. The number of para-hydroxylation sites is 1. The van der Waals surface area contributed by atoms with Gasteiger partial charge >= 0.3 is 12.2 Å². The van der Waals surface area contributed by atoms with Crippen molar-refractivity contribution in [2.75, 3.05) is 29.9 Å². The number of rotatable bonds is 5. The van der Waals surface area contributed by atoms with E-state index in [0.717, 1.165) is 62.0 Å². The number of carbonyl (C=O) groups is 2. The smallest absolute Gasteiger partial charge is 0.449 e. The highest BCUT2D eigenvalue weighted by Crippen LogP contribution is 2.41. The highest BCUT2D eigenvalue weighted by atomic mass is 35.5. The second-order valence-electron chi connectivity index (χ2n) is 9.88. The van der Waals surface area contributed by atoms with Gasteiger partial charge in [-0.2, -0.15) is 0 Å². The predicted octanol–water partition coefficient (Wildman–Crippen LogP) is 7.05. The summed E-state index contributed by atoms with van der Waals surface area (Å²) < 4.78 is 4.98. The summed E-state index contributed by atoms with van der Waals surface area (Å²) in [7, 11) is 1.70. The molecule has 0 radical (unpaired) electrons. The fourth-order valence-corrected chi connectivity index (χ4v) is 6.44. The van der Waals surface area contributed by atoms with E-state index in [2.05, 4.69) is 9.88 Å². The molecule has 39 heavy (non-hydrogen) atoms. The SMILES string of the molecule is CN(C(=O)N(C1CCN(c2ccncc2)CC1)C1CCCc2ccc(OC(=O)O)cc21)c1c(Cl)cccc1Cl. The Balaban J connectivity index is 1.50. The van der Waals surface area contributed by atoms with Gasteiger partial charge in [0, 0.05) is 44.3 Å². The van der Waals surface area contributed by atoms with Gasteiger partial charge in [-0.05, 0) is 79.6 Å². The van der Waals surface area contributed by atoms with Crippen LogP contribution in [0, 0.1) is 0 Å². The second kappa shape index (κ2) is 11.7. The van der Waals surface area contributed by atoms with Crippen LogP contribution in [0.4, 0.5) is 21.0 Å². The molecular weight excluding hydrogens is 539 g/mol. The number of fused-ring (bicyclic) bond motifs is 1. The molecule has 1 atom stereocenters. The van der Waals surface area contributed by atoms with Gasteiger partial charge in [-0.3, -0.25) is 9.88 Å². The Morgan fingerprint density at radius 2 is 1.72 bits per heavy atom. The maximum atomic E-state index is 14.4. The number of anilines is 2. The number of hydrogen-bond donors (Lipinski definition) is 1. The molecule has 0 spiro atoms. The monoisotopic (exact) mass is 568 g/mol. The Labute approximate surface area is 237 Å². The molecule has 1 aliphatic heterocycles. The van der Waals surface area contributed by atoms with Crippen LogP contribution in [-0.4, -0.2) is 53.4 Å². The number of carbonyl (C=O) groups excluding carboxylic acids is 1. The lowest BCUT2D eigenvalue weighted by Crippen LogP contribution is -2.53. The molecule has 5 rings (SSSR count). The molecule has 3 aromatic rings. The molecule has 2 heterocycles. The maximum Gasteiger partial charge on any atom is 0.511 e. The van der Waals surface area contributed by atoms with Crippen molar-refractivity contribution in [3.05, 3.63) is 82.1 Å². The summed E-state index contributed by atoms with van der Waals surface area (Å²) in [5, 5.41) is 9.97. The van der Waals surface area contributed by atoms with Gasteiger partial charge in [0.1, 0.15) is 5.75 Å². The summed E-state index contributed by atoms with van der Waals surface area (Å²) in [6, 6.07) is 14.0. The van der Waals surface area contributed by atoms with Crippen molar-refractivity contribution < 1.29 is 19.4 Å². The fraction of sp³-hybridized carbons (Fsp3) is 0.345. The molecule has 2 aromatic carbocycles. The number of piperidine rings is 1. The van der Waals surface area contributed by atoms with Gasteiger partial charge in [0.25, 0.3) is 0 Å². The Morgan fingerprint density at radius 1 is 1.03 bits per heavy atom. The summed E-state index contributed by atoms with van der Waals surface area (Å²) >= 11 is 13.0. The number of urea groups is 1. The third-order valence-corrected chi connectivity index (χ3v) is 8.22. The maximum absolute atomic E-state index is 14.4. The minimum atomic E-state index is -1.37. The zero-order chi connectivity index (χ0) is 27.5. The number of aromatic nitrogens is 1. The topological polar surface area (TPSA) is 86.2 Å². The molecule has 2 amide bonds. The van der Waals surface area contributed by atoms with E-state index in [1.54, 1.807) is 49.8 Å². The molecule has 0 bridgehead atoms. The van der Waals surface area contributed by atoms with E-state index in [9.17, 15) is 14.7 Å². The van der Waals surface area contributed by atoms with Crippen LogP contribution in [0.1, 0.15) is 42.9 Å². The fourth-order valence-electron chi connectivity index (χ4n) is 5.78. The first-order valence-electron chi connectivity index (χ1n) is 13.0. The van der Waals surface area contributed by atoms with Crippen molar-refractivity contribution in [2.24, 2.45) is 0 Å². The first-order valence-corrected chi connectivity index (χ1v) is 13.8. The highest BCUT2D eigenvalue weighted by Gasteiger charge is 2.38. The van der Waals surface area contributed by atoms with E-state index < -0.39 is 6.16 Å². The van der Waals surface area contributed by atoms with Crippen molar-refractivity contribution in [1.29, 1.82) is 0 Å². The quantitative estimate of drug-likeness (QED) is 0.262. The van der Waals surface area contributed by atoms with Gasteiger partial charge in [0.05, 0.1) is 21.8 Å². The molecule has 0 saturated carbocycles. The molecule has 1 aromatic heterocycles. The average molecular weight is 569 g/mol. The minimum absolute atomic E-state index is 0.0423. The van der Waals surface area contributed by atoms with Crippen LogP contribution in [0.3, 0.4) is 0 Å². The van der Waals surface area contributed by atoms with Crippen LogP contribution >= 0.6 is 23.2 Å². The van der Waals surface area contributed by atoms with E-state index in [1.165, 1.54) is 4.90 Å². The largest absolute Gasteiger partial charge is 0.511 e. The Hall–Kier alpha value is -3.49. The summed E-state index contributed by atoms with van der Waals surface area (Å²) in [6.45, 7) is 1.58. The van der Waals surface area contributed by atoms with E-state index in [-0.39, 0.29) is 23.9 Å². The molecule has 204 valence electrons. The van der Waals surface area contributed by atoms with Crippen LogP contribution in [0.5, 0.6) is 5.75 Å². The lowest BCUT2D eigenvalue weighted by Gasteiger charge is -2.46. The predicted molar refractivity (Wildman–Crippen MR) is 152 cm³/mol. The van der Waals surface area contributed by atoms with E-state index in [0.29, 0.717) is 15.7 Å². The Morgan fingerprint density at radius 3 is 2.38 bits per heavy atom. The minimum Gasteiger partial charge on any atom is -0.449 e. The standard InChI is InChI=1S/C29H30Cl2N4O4/c1-33(27-24(30)5-3-6-25(27)31)28(36)35(21-12-16-34(17-13-21)20-10-14-32-15-11-20)26-7-2-4-19-8-9-22(18-23(19)26)39-29(37)38/h3,5-6,8-11,14-15,18,21,26H,2,4,7,12-13,16-17H2,1H3,(H,37,38). The van der Waals surface area contributed by atoms with Crippen molar-refractivity contribution >= 4 is 46.8 Å². The van der Waals surface area contributed by atoms with Gasteiger partial charge in [0.15, 0.2) is 0 Å².